The van der Waals surface area contributed by atoms with Gasteiger partial charge in [-0.15, -0.1) is 0 Å². The molecule has 0 saturated heterocycles. The summed E-state index contributed by atoms with van der Waals surface area (Å²) < 4.78 is 11.0. The average Bonchev–Trinajstić information content (AvgIpc) is 2.50. The molecule has 1 aromatic heterocycles. The van der Waals surface area contributed by atoms with Gasteiger partial charge in [-0.3, -0.25) is 9.78 Å². The Balaban J connectivity index is 2.26. The van der Waals surface area contributed by atoms with Crippen LogP contribution in [0, 0.1) is 0 Å². The third-order valence-corrected chi connectivity index (χ3v) is 2.84. The molecule has 1 heterocycles. The Kier molecular flexibility index (Phi) is 5.19. The molecule has 0 saturated carbocycles. The number of aromatic nitrogens is 2. The molecular weight excluding hydrogens is 302 g/mol. The SMILES string of the molecule is CCOc1ccc(Nc2ncc(C(=O)O)c(=O)[nH]2)cc1OCC. The lowest BCUT2D eigenvalue weighted by Crippen LogP contribution is -2.19. The molecule has 2 aromatic rings. The van der Waals surface area contributed by atoms with Crippen LogP contribution in [0.4, 0.5) is 11.6 Å². The van der Waals surface area contributed by atoms with Gasteiger partial charge in [0.2, 0.25) is 5.95 Å². The van der Waals surface area contributed by atoms with Crippen LogP contribution in [-0.2, 0) is 0 Å². The van der Waals surface area contributed by atoms with Gasteiger partial charge in [-0.05, 0) is 26.0 Å². The fourth-order valence-electron chi connectivity index (χ4n) is 1.88. The minimum atomic E-state index is -1.33. The average molecular weight is 319 g/mol. The second kappa shape index (κ2) is 7.30. The van der Waals surface area contributed by atoms with Crippen LogP contribution in [0.2, 0.25) is 0 Å². The minimum absolute atomic E-state index is 0.131. The summed E-state index contributed by atoms with van der Waals surface area (Å²) in [6, 6.07) is 5.18. The smallest absolute Gasteiger partial charge is 0.342 e. The molecule has 0 aliphatic rings. The van der Waals surface area contributed by atoms with Crippen molar-refractivity contribution in [2.45, 2.75) is 13.8 Å². The van der Waals surface area contributed by atoms with Crippen LogP contribution in [0.25, 0.3) is 0 Å². The molecule has 3 N–H and O–H groups in total. The molecule has 2 rings (SSSR count). The zero-order valence-corrected chi connectivity index (χ0v) is 12.8. The summed E-state index contributed by atoms with van der Waals surface area (Å²) in [5.74, 6) is -0.0250. The maximum absolute atomic E-state index is 11.6. The van der Waals surface area contributed by atoms with Crippen molar-refractivity contribution >= 4 is 17.6 Å². The quantitative estimate of drug-likeness (QED) is 0.715. The largest absolute Gasteiger partial charge is 0.490 e. The molecule has 0 bridgehead atoms. The summed E-state index contributed by atoms with van der Waals surface area (Å²) in [6.07, 6.45) is 1.00. The lowest BCUT2D eigenvalue weighted by Gasteiger charge is -2.13. The van der Waals surface area contributed by atoms with Gasteiger partial charge in [0.25, 0.3) is 5.56 Å². The lowest BCUT2D eigenvalue weighted by atomic mass is 10.2. The minimum Gasteiger partial charge on any atom is -0.490 e. The number of carbonyl (C=O) groups is 1. The number of rotatable bonds is 7. The van der Waals surface area contributed by atoms with E-state index in [1.54, 1.807) is 18.2 Å². The molecule has 1 aromatic carbocycles. The van der Waals surface area contributed by atoms with Crippen LogP contribution in [0.3, 0.4) is 0 Å². The highest BCUT2D eigenvalue weighted by molar-refractivity contribution is 5.86. The number of hydrogen-bond acceptors (Lipinski definition) is 6. The molecule has 8 nitrogen and oxygen atoms in total. The van der Waals surface area contributed by atoms with E-state index in [2.05, 4.69) is 15.3 Å². The highest BCUT2D eigenvalue weighted by Gasteiger charge is 2.11. The molecule has 0 unspecified atom stereocenters. The number of anilines is 2. The number of aromatic carboxylic acids is 1. The third kappa shape index (κ3) is 4.00. The Hall–Kier alpha value is -3.03. The van der Waals surface area contributed by atoms with E-state index in [1.165, 1.54) is 0 Å². The van der Waals surface area contributed by atoms with Crippen molar-refractivity contribution < 1.29 is 19.4 Å². The van der Waals surface area contributed by atoms with Gasteiger partial charge in [0.05, 0.1) is 19.4 Å². The van der Waals surface area contributed by atoms with Gasteiger partial charge < -0.3 is 19.9 Å². The zero-order chi connectivity index (χ0) is 16.8. The normalized spacial score (nSPS) is 10.2. The van der Waals surface area contributed by atoms with Crippen LogP contribution < -0.4 is 20.3 Å². The summed E-state index contributed by atoms with van der Waals surface area (Å²) in [5.41, 5.74) is -0.536. The Labute approximate surface area is 132 Å². The van der Waals surface area contributed by atoms with Gasteiger partial charge in [-0.25, -0.2) is 9.78 Å². The Morgan fingerprint density at radius 1 is 1.26 bits per heavy atom. The van der Waals surface area contributed by atoms with Crippen LogP contribution >= 0.6 is 0 Å². The van der Waals surface area contributed by atoms with Crippen LogP contribution in [0.15, 0.2) is 29.2 Å². The van der Waals surface area contributed by atoms with E-state index in [0.29, 0.717) is 30.4 Å². The number of nitrogens with zero attached hydrogens (tertiary/aromatic N) is 1. The van der Waals surface area contributed by atoms with Crippen LogP contribution in [0.1, 0.15) is 24.2 Å². The van der Waals surface area contributed by atoms with E-state index in [1.807, 2.05) is 13.8 Å². The van der Waals surface area contributed by atoms with Crippen molar-refractivity contribution in [2.24, 2.45) is 0 Å². The molecule has 122 valence electrons. The number of carboxylic acid groups (broad SMARTS) is 1. The summed E-state index contributed by atoms with van der Waals surface area (Å²) in [5, 5.41) is 11.7. The van der Waals surface area contributed by atoms with Crippen molar-refractivity contribution in [1.29, 1.82) is 0 Å². The van der Waals surface area contributed by atoms with Gasteiger partial charge >= 0.3 is 5.97 Å². The van der Waals surface area contributed by atoms with Crippen molar-refractivity contribution in [3.05, 3.63) is 40.3 Å². The number of aromatic amines is 1. The van der Waals surface area contributed by atoms with E-state index in [-0.39, 0.29) is 5.95 Å². The van der Waals surface area contributed by atoms with E-state index in [4.69, 9.17) is 14.6 Å². The van der Waals surface area contributed by atoms with Gasteiger partial charge in [-0.2, -0.15) is 0 Å². The molecule has 0 spiro atoms. The number of nitrogens with one attached hydrogen (secondary N) is 2. The van der Waals surface area contributed by atoms with E-state index in [9.17, 15) is 9.59 Å². The molecule has 0 aliphatic carbocycles. The van der Waals surface area contributed by atoms with Gasteiger partial charge in [0.15, 0.2) is 11.5 Å². The second-order valence-corrected chi connectivity index (χ2v) is 4.43. The summed E-state index contributed by atoms with van der Waals surface area (Å²) in [6.45, 7) is 4.73. The Morgan fingerprint density at radius 3 is 2.57 bits per heavy atom. The molecule has 0 aliphatic heterocycles. The summed E-state index contributed by atoms with van der Waals surface area (Å²) in [4.78, 5) is 28.7. The fourth-order valence-corrected chi connectivity index (χ4v) is 1.88. The summed E-state index contributed by atoms with van der Waals surface area (Å²) in [7, 11) is 0. The van der Waals surface area contributed by atoms with Crippen LogP contribution in [-0.4, -0.2) is 34.3 Å². The predicted molar refractivity (Wildman–Crippen MR) is 83.9 cm³/mol. The highest BCUT2D eigenvalue weighted by atomic mass is 16.5. The first-order valence-corrected chi connectivity index (χ1v) is 7.04. The molecule has 0 atom stereocenters. The monoisotopic (exact) mass is 319 g/mol. The topological polar surface area (TPSA) is 114 Å². The maximum Gasteiger partial charge on any atom is 0.342 e. The van der Waals surface area contributed by atoms with E-state index >= 15 is 0 Å². The van der Waals surface area contributed by atoms with Gasteiger partial charge in [0, 0.05) is 11.8 Å². The van der Waals surface area contributed by atoms with Crippen molar-refractivity contribution in [1.82, 2.24) is 9.97 Å². The highest BCUT2D eigenvalue weighted by Crippen LogP contribution is 2.31. The number of ether oxygens (including phenoxy) is 2. The second-order valence-electron chi connectivity index (χ2n) is 4.43. The van der Waals surface area contributed by atoms with E-state index in [0.717, 1.165) is 6.20 Å². The molecule has 0 amide bonds. The zero-order valence-electron chi connectivity index (χ0n) is 12.8. The Morgan fingerprint density at radius 2 is 1.96 bits per heavy atom. The molecule has 23 heavy (non-hydrogen) atoms. The summed E-state index contributed by atoms with van der Waals surface area (Å²) >= 11 is 0. The lowest BCUT2D eigenvalue weighted by molar-refractivity contribution is 0.0694. The number of H-pyrrole nitrogens is 1. The number of benzene rings is 1. The van der Waals surface area contributed by atoms with Crippen molar-refractivity contribution in [2.75, 3.05) is 18.5 Å². The molecule has 0 fully saturated rings. The number of hydrogen-bond donors (Lipinski definition) is 3. The van der Waals surface area contributed by atoms with Gasteiger partial charge in [-0.1, -0.05) is 0 Å². The predicted octanol–water partition coefficient (Wildman–Crippen LogP) is 2.01. The fraction of sp³-hybridized carbons (Fsp3) is 0.267. The third-order valence-electron chi connectivity index (χ3n) is 2.84. The number of carboxylic acids is 1. The maximum atomic E-state index is 11.6. The van der Waals surface area contributed by atoms with Crippen LogP contribution in [0.5, 0.6) is 11.5 Å². The first kappa shape index (κ1) is 16.3. The van der Waals surface area contributed by atoms with Crippen molar-refractivity contribution in [3.8, 4) is 11.5 Å². The standard InChI is InChI=1S/C15H17N3O5/c1-3-22-11-6-5-9(7-12(11)23-4-2)17-15-16-8-10(14(20)21)13(19)18-15/h5-8H,3-4H2,1-2H3,(H,20,21)(H2,16,17,18,19). The molecule has 8 heteroatoms. The Bertz CT molecular complexity index is 757. The van der Waals surface area contributed by atoms with Crippen molar-refractivity contribution in [3.63, 3.8) is 0 Å². The molecule has 0 radical (unpaired) electrons. The first-order valence-electron chi connectivity index (χ1n) is 7.04. The first-order chi connectivity index (χ1) is 11.0. The van der Waals surface area contributed by atoms with Gasteiger partial charge in [0.1, 0.15) is 5.56 Å². The molecular formula is C15H17N3O5. The van der Waals surface area contributed by atoms with E-state index < -0.39 is 17.1 Å².